The largest absolute Gasteiger partial charge is 0.123 e. The molecule has 114 valence electrons. The zero-order chi connectivity index (χ0) is 16.4. The van der Waals surface area contributed by atoms with Gasteiger partial charge in [0, 0.05) is 0 Å². The van der Waals surface area contributed by atoms with Gasteiger partial charge in [-0.2, -0.15) is 0 Å². The van der Waals surface area contributed by atoms with Crippen molar-refractivity contribution in [3.8, 4) is 44.5 Å². The number of hydrogen-bond acceptors (Lipinski definition) is 0. The smallest absolute Gasteiger partial charge is 0.0619 e. The van der Waals surface area contributed by atoms with E-state index < -0.39 is 0 Å². The Labute approximate surface area is 149 Å². The summed E-state index contributed by atoms with van der Waals surface area (Å²) in [5, 5.41) is 2.86. The van der Waals surface area contributed by atoms with E-state index in [1.807, 2.05) is 0 Å². The summed E-state index contributed by atoms with van der Waals surface area (Å²) in [6, 6.07) is 32.0. The molecule has 25 heavy (non-hydrogen) atoms. The van der Waals surface area contributed by atoms with Crippen molar-refractivity contribution >= 4 is 19.9 Å². The van der Waals surface area contributed by atoms with Crippen LogP contribution in [0.15, 0.2) is 84.9 Å². The summed E-state index contributed by atoms with van der Waals surface area (Å²) >= 11 is 0. The first-order chi connectivity index (χ1) is 12.3. The van der Waals surface area contributed by atoms with E-state index >= 15 is 0 Å². The van der Waals surface area contributed by atoms with Gasteiger partial charge in [0.1, 0.15) is 9.52 Å². The van der Waals surface area contributed by atoms with Crippen molar-refractivity contribution in [2.45, 2.75) is 0 Å². The summed E-state index contributed by atoms with van der Waals surface area (Å²) in [6.07, 6.45) is 0. The molecule has 0 unspecified atom stereocenters. The fourth-order valence-corrected chi connectivity index (χ4v) is 5.30. The lowest BCUT2D eigenvalue weighted by Gasteiger charge is -2.11. The minimum atomic E-state index is 0.680. The first-order valence-electron chi connectivity index (χ1n) is 8.62. The molecule has 1 heteroatoms. The van der Waals surface area contributed by atoms with Crippen molar-refractivity contribution in [3.05, 3.63) is 84.9 Å². The fraction of sp³-hybridized carbons (Fsp3) is 0. The molecule has 0 N–H and O–H groups in total. The molecule has 2 radical (unpaired) electrons. The standard InChI is InChI=1S/C24H14Si/c1-2-16-4-3-15(1)19-9-11-23-21(13-19)17-5-7-18(8-6-17)22-14-20(16)10-12-24(22)25-23/h1-14H. The number of rotatable bonds is 0. The van der Waals surface area contributed by atoms with E-state index in [0.29, 0.717) is 9.52 Å². The molecule has 0 fully saturated rings. The maximum absolute atomic E-state index is 2.36. The van der Waals surface area contributed by atoms with E-state index in [1.54, 1.807) is 0 Å². The molecule has 0 aliphatic carbocycles. The van der Waals surface area contributed by atoms with Gasteiger partial charge in [0.15, 0.2) is 0 Å². The van der Waals surface area contributed by atoms with Crippen molar-refractivity contribution in [3.63, 3.8) is 0 Å². The summed E-state index contributed by atoms with van der Waals surface area (Å²) in [7, 11) is 0.680. The molecule has 10 heterocycles. The summed E-state index contributed by atoms with van der Waals surface area (Å²) in [5.74, 6) is 0. The number of fused-ring (bicyclic) bond motifs is 2. The zero-order valence-corrected chi connectivity index (χ0v) is 14.6. The van der Waals surface area contributed by atoms with Crippen molar-refractivity contribution in [2.75, 3.05) is 0 Å². The Morgan fingerprint density at radius 2 is 0.720 bits per heavy atom. The van der Waals surface area contributed by atoms with Gasteiger partial charge >= 0.3 is 0 Å². The number of benzene rings is 4. The quantitative estimate of drug-likeness (QED) is 0.356. The Hall–Kier alpha value is -2.90. The molecule has 0 spiro atoms. The molecule has 0 amide bonds. The molecule has 0 atom stereocenters. The molecule has 10 aliphatic heterocycles. The molecule has 4 aromatic carbocycles. The molecular weight excluding hydrogens is 316 g/mol. The Morgan fingerprint density at radius 1 is 0.360 bits per heavy atom. The molecule has 0 saturated carbocycles. The van der Waals surface area contributed by atoms with E-state index in [0.717, 1.165) is 0 Å². The normalized spacial score (nSPS) is 12.6. The minimum Gasteiger partial charge on any atom is -0.0619 e. The molecule has 4 aromatic rings. The zero-order valence-electron chi connectivity index (χ0n) is 13.6. The van der Waals surface area contributed by atoms with E-state index in [4.69, 9.17) is 0 Å². The van der Waals surface area contributed by atoms with Gasteiger partial charge in [0.05, 0.1) is 0 Å². The Kier molecular flexibility index (Phi) is 2.58. The third-order valence-electron chi connectivity index (χ3n) is 5.37. The predicted octanol–water partition coefficient (Wildman–Crippen LogP) is 4.64. The van der Waals surface area contributed by atoms with Crippen molar-refractivity contribution < 1.29 is 0 Å². The van der Waals surface area contributed by atoms with Crippen LogP contribution in [0.4, 0.5) is 0 Å². The molecule has 0 nitrogen and oxygen atoms in total. The van der Waals surface area contributed by atoms with Crippen LogP contribution in [0.2, 0.25) is 0 Å². The van der Waals surface area contributed by atoms with Gasteiger partial charge in [0.2, 0.25) is 0 Å². The average Bonchev–Trinajstić information content (AvgIpc) is 2.81. The highest BCUT2D eigenvalue weighted by molar-refractivity contribution is 6.70. The Morgan fingerprint density at radius 3 is 1.16 bits per heavy atom. The van der Waals surface area contributed by atoms with Crippen LogP contribution in [0, 0.1) is 0 Å². The first kappa shape index (κ1) is 13.4. The van der Waals surface area contributed by atoms with Gasteiger partial charge in [-0.3, -0.25) is 0 Å². The minimum absolute atomic E-state index is 0.680. The van der Waals surface area contributed by atoms with Crippen LogP contribution in [0.3, 0.4) is 0 Å². The van der Waals surface area contributed by atoms with Gasteiger partial charge in [-0.25, -0.2) is 0 Å². The third kappa shape index (κ3) is 1.93. The van der Waals surface area contributed by atoms with E-state index in [1.165, 1.54) is 54.9 Å². The SMILES string of the molecule is c1cc2ccc1-c1ccc3c(c1)-c1ccc(cc1)-c1cc-2ccc1[Si]3. The van der Waals surface area contributed by atoms with Gasteiger partial charge in [0.25, 0.3) is 0 Å². The van der Waals surface area contributed by atoms with Crippen molar-refractivity contribution in [1.82, 2.24) is 0 Å². The average molecular weight is 330 g/mol. The second-order valence-electron chi connectivity index (χ2n) is 6.80. The van der Waals surface area contributed by atoms with Crippen LogP contribution in [0.5, 0.6) is 0 Å². The lowest BCUT2D eigenvalue weighted by Crippen LogP contribution is -2.29. The predicted molar refractivity (Wildman–Crippen MR) is 107 cm³/mol. The first-order valence-corrected chi connectivity index (χ1v) is 9.62. The molecule has 0 aromatic heterocycles. The van der Waals surface area contributed by atoms with Gasteiger partial charge in [-0.1, -0.05) is 83.2 Å². The maximum atomic E-state index is 2.36. The van der Waals surface area contributed by atoms with Crippen LogP contribution in [-0.4, -0.2) is 9.52 Å². The summed E-state index contributed by atoms with van der Waals surface area (Å²) in [6.45, 7) is 0. The second-order valence-corrected chi connectivity index (χ2v) is 8.13. The highest BCUT2D eigenvalue weighted by Gasteiger charge is 2.17. The molecular formula is C24H14Si. The monoisotopic (exact) mass is 330 g/mol. The molecule has 10 bridgehead atoms. The highest BCUT2D eigenvalue weighted by atomic mass is 28.2. The third-order valence-corrected chi connectivity index (χ3v) is 6.78. The summed E-state index contributed by atoms with van der Waals surface area (Å²) < 4.78 is 0. The molecule has 10 aliphatic rings. The van der Waals surface area contributed by atoms with Crippen LogP contribution in [-0.2, 0) is 0 Å². The number of hydrogen-bond donors (Lipinski definition) is 0. The lowest BCUT2D eigenvalue weighted by atomic mass is 9.93. The van der Waals surface area contributed by atoms with Crippen molar-refractivity contribution in [1.29, 1.82) is 0 Å². The van der Waals surface area contributed by atoms with Gasteiger partial charge < -0.3 is 0 Å². The fourth-order valence-electron chi connectivity index (χ4n) is 3.97. The van der Waals surface area contributed by atoms with Crippen LogP contribution in [0.1, 0.15) is 0 Å². The maximum Gasteiger partial charge on any atom is 0.123 e. The van der Waals surface area contributed by atoms with E-state index in [-0.39, 0.29) is 0 Å². The van der Waals surface area contributed by atoms with Crippen molar-refractivity contribution in [2.24, 2.45) is 0 Å². The Balaban J connectivity index is 1.85. The summed E-state index contributed by atoms with van der Waals surface area (Å²) in [4.78, 5) is 0. The molecule has 14 rings (SSSR count). The van der Waals surface area contributed by atoms with Gasteiger partial charge in [-0.15, -0.1) is 0 Å². The highest BCUT2D eigenvalue weighted by Crippen LogP contribution is 2.32. The van der Waals surface area contributed by atoms with Gasteiger partial charge in [-0.05, 0) is 56.6 Å². The van der Waals surface area contributed by atoms with Crippen LogP contribution >= 0.6 is 0 Å². The summed E-state index contributed by atoms with van der Waals surface area (Å²) in [5.41, 5.74) is 10.5. The second kappa shape index (κ2) is 4.81. The van der Waals surface area contributed by atoms with Crippen LogP contribution < -0.4 is 10.4 Å². The van der Waals surface area contributed by atoms with Crippen LogP contribution in [0.25, 0.3) is 44.5 Å². The lowest BCUT2D eigenvalue weighted by molar-refractivity contribution is 1.58. The van der Waals surface area contributed by atoms with E-state index in [2.05, 4.69) is 84.9 Å². The molecule has 0 saturated heterocycles. The van der Waals surface area contributed by atoms with E-state index in [9.17, 15) is 0 Å². The Bertz CT molecular complexity index is 1040. The topological polar surface area (TPSA) is 0 Å².